The van der Waals surface area contributed by atoms with Crippen molar-refractivity contribution in [1.29, 1.82) is 0 Å². The van der Waals surface area contributed by atoms with Crippen LogP contribution in [0.4, 0.5) is 92.2 Å². The van der Waals surface area contributed by atoms with Gasteiger partial charge in [-0.05, 0) is 0 Å². The van der Waals surface area contributed by atoms with Gasteiger partial charge in [-0.25, -0.2) is 0 Å². The molecule has 0 saturated carbocycles. The van der Waals surface area contributed by atoms with Crippen LogP contribution in [0.5, 0.6) is 0 Å². The molecule has 0 aliphatic heterocycles. The van der Waals surface area contributed by atoms with Gasteiger partial charge in [0.15, 0.2) is 0 Å². The fraction of sp³-hybridized carbons (Fsp3) is 0.857. The lowest BCUT2D eigenvalue weighted by Gasteiger charge is -2.44. The van der Waals surface area contributed by atoms with Gasteiger partial charge in [0.05, 0.1) is 6.42 Å². The number of carbonyl (C=O) groups is 2. The molecule has 1 atom stereocenters. The molecule has 0 amide bonds. The Balaban J connectivity index is 7.05. The van der Waals surface area contributed by atoms with Crippen LogP contribution in [0, 0.1) is 0 Å². The van der Waals surface area contributed by atoms with Crippen molar-refractivity contribution >= 4 is 23.7 Å². The molecule has 0 rings (SSSR count). The van der Waals surface area contributed by atoms with Crippen LogP contribution in [0.3, 0.4) is 0 Å². The summed E-state index contributed by atoms with van der Waals surface area (Å²) in [6, 6.07) is 0. The van der Waals surface area contributed by atoms with E-state index in [0.717, 1.165) is 0 Å². The normalized spacial score (nSPS) is 16.6. The predicted octanol–water partition coefficient (Wildman–Crippen LogP) is 6.89. The van der Waals surface area contributed by atoms with Gasteiger partial charge in [0.2, 0.25) is 0 Å². The average molecular weight is 668 g/mol. The first kappa shape index (κ1) is 37.8. The minimum Gasteiger partial charge on any atom is -0.481 e. The highest BCUT2D eigenvalue weighted by molar-refractivity contribution is 8.01. The Morgan fingerprint density at radius 2 is 0.725 bits per heavy atom. The van der Waals surface area contributed by atoms with E-state index in [-0.39, 0.29) is 0 Å². The fourth-order valence-corrected chi connectivity index (χ4v) is 3.09. The third-order valence-corrected chi connectivity index (χ3v) is 5.61. The molecule has 0 aromatic carbocycles. The van der Waals surface area contributed by atoms with E-state index in [2.05, 4.69) is 0 Å². The van der Waals surface area contributed by atoms with Gasteiger partial charge in [-0.3, -0.25) is 9.59 Å². The molecule has 1 unspecified atom stereocenters. The molecule has 26 heteroatoms. The van der Waals surface area contributed by atoms with Gasteiger partial charge in [-0.2, -0.15) is 92.2 Å². The first-order valence-electron chi connectivity index (χ1n) is 8.56. The number of aliphatic carboxylic acids is 2. The monoisotopic (exact) mass is 668 g/mol. The molecule has 0 radical (unpaired) electrons. The van der Waals surface area contributed by atoms with Crippen molar-refractivity contribution in [3.63, 3.8) is 0 Å². The highest BCUT2D eigenvalue weighted by atomic mass is 32.2. The number of thioether (sulfide) groups is 1. The molecule has 238 valence electrons. The number of rotatable bonds is 13. The fourth-order valence-electron chi connectivity index (χ4n) is 2.13. The molecular weight excluding hydrogens is 663 g/mol. The van der Waals surface area contributed by atoms with Gasteiger partial charge in [0.25, 0.3) is 0 Å². The maximum Gasteiger partial charge on any atom is 0.460 e. The van der Waals surface area contributed by atoms with Crippen molar-refractivity contribution in [3.05, 3.63) is 0 Å². The lowest BCUT2D eigenvalue weighted by Crippen LogP contribution is -2.76. The van der Waals surface area contributed by atoms with Gasteiger partial charge in [-0.1, -0.05) is 11.8 Å². The van der Waals surface area contributed by atoms with Gasteiger partial charge >= 0.3 is 70.7 Å². The summed E-state index contributed by atoms with van der Waals surface area (Å²) in [5.74, 6) is -77.3. The Hall–Kier alpha value is -2.18. The summed E-state index contributed by atoms with van der Waals surface area (Å²) in [6.45, 7) is 0. The second-order valence-corrected chi connectivity index (χ2v) is 8.47. The van der Waals surface area contributed by atoms with E-state index in [0.29, 0.717) is 0 Å². The van der Waals surface area contributed by atoms with E-state index < -0.39 is 94.2 Å². The summed E-state index contributed by atoms with van der Waals surface area (Å²) < 4.78 is 278. The van der Waals surface area contributed by atoms with E-state index in [1.807, 2.05) is 0 Å². The van der Waals surface area contributed by atoms with Crippen molar-refractivity contribution in [2.45, 2.75) is 70.5 Å². The number of alkyl halides is 21. The SMILES string of the molecule is O=C(O)CC(SC(F)(F)C(F)(F)C(F)(F)C(F)(F)C(F)(F)C(F)(F)C(F)(F)C(F)(F)C(F)(F)C(F)(F)F)C(=O)O. The van der Waals surface area contributed by atoms with E-state index >= 15 is 0 Å². The predicted molar refractivity (Wildman–Crippen MR) is 81.8 cm³/mol. The molecule has 0 aromatic heterocycles. The van der Waals surface area contributed by atoms with Crippen LogP contribution in [-0.2, 0) is 9.59 Å². The summed E-state index contributed by atoms with van der Waals surface area (Å²) in [5.41, 5.74) is 0. The number of halogens is 21. The summed E-state index contributed by atoms with van der Waals surface area (Å²) >= 11 is -2.53. The zero-order valence-corrected chi connectivity index (χ0v) is 18.2. The third kappa shape index (κ3) is 5.15. The lowest BCUT2D eigenvalue weighted by atomic mass is 9.87. The first-order chi connectivity index (χ1) is 17.0. The second kappa shape index (κ2) is 9.97. The molecule has 4 nitrogen and oxygen atoms in total. The highest BCUT2D eigenvalue weighted by Gasteiger charge is 2.98. The number of carboxylic acids is 2. The van der Waals surface area contributed by atoms with E-state index in [9.17, 15) is 102 Å². The largest absolute Gasteiger partial charge is 0.481 e. The standard InChI is InChI=1S/C14H5F21O4S/c15-5(16,7(19,20)9(23,24)11(27,28)13(31,32)33)6(17,18)8(21,22)10(25,26)12(29,30)14(34,35)40-2(4(38)39)1-3(36)37/h2H,1H2,(H,36,37)(H,38,39). The number of hydrogen-bond acceptors (Lipinski definition) is 3. The summed E-state index contributed by atoms with van der Waals surface area (Å²) in [5, 5.41) is 5.85. The molecule has 0 spiro atoms. The van der Waals surface area contributed by atoms with Crippen molar-refractivity contribution in [2.75, 3.05) is 0 Å². The topological polar surface area (TPSA) is 74.6 Å². The van der Waals surface area contributed by atoms with Crippen molar-refractivity contribution in [2.24, 2.45) is 0 Å². The Morgan fingerprint density at radius 3 is 0.950 bits per heavy atom. The maximum absolute atomic E-state index is 13.7. The Labute approximate surface area is 207 Å². The van der Waals surface area contributed by atoms with Crippen LogP contribution in [0.1, 0.15) is 6.42 Å². The smallest absolute Gasteiger partial charge is 0.460 e. The molecule has 0 bridgehead atoms. The summed E-state index contributed by atoms with van der Waals surface area (Å²) in [6.07, 6.45) is -10.3. The molecule has 0 aromatic rings. The lowest BCUT2D eigenvalue weighted by molar-refractivity contribution is -0.472. The van der Waals surface area contributed by atoms with Gasteiger partial charge in [0, 0.05) is 0 Å². The maximum atomic E-state index is 13.7. The number of carboxylic acid groups (broad SMARTS) is 2. The Bertz CT molecular complexity index is 971. The quantitative estimate of drug-likeness (QED) is 0.210. The molecule has 0 heterocycles. The zero-order chi connectivity index (χ0) is 33.1. The highest BCUT2D eigenvalue weighted by Crippen LogP contribution is 2.67. The minimum absolute atomic E-state index is 2.25. The van der Waals surface area contributed by atoms with Crippen LogP contribution in [0.2, 0.25) is 0 Å². The van der Waals surface area contributed by atoms with Crippen LogP contribution >= 0.6 is 11.8 Å². The molecule has 0 fully saturated rings. The van der Waals surface area contributed by atoms with E-state index in [1.165, 1.54) is 0 Å². The van der Waals surface area contributed by atoms with Crippen molar-refractivity contribution in [3.8, 4) is 0 Å². The van der Waals surface area contributed by atoms with Crippen molar-refractivity contribution < 1.29 is 112 Å². The molecule has 0 aliphatic rings. The van der Waals surface area contributed by atoms with Crippen LogP contribution < -0.4 is 0 Å². The van der Waals surface area contributed by atoms with Gasteiger partial charge in [-0.15, -0.1) is 0 Å². The van der Waals surface area contributed by atoms with Crippen molar-refractivity contribution in [1.82, 2.24) is 0 Å². The summed E-state index contributed by atoms with van der Waals surface area (Å²) in [7, 11) is 0. The van der Waals surface area contributed by atoms with Crippen LogP contribution in [0.15, 0.2) is 0 Å². The van der Waals surface area contributed by atoms with E-state index in [4.69, 9.17) is 10.2 Å². The van der Waals surface area contributed by atoms with Gasteiger partial charge in [0.1, 0.15) is 5.25 Å². The van der Waals surface area contributed by atoms with Gasteiger partial charge < -0.3 is 10.2 Å². The first-order valence-corrected chi connectivity index (χ1v) is 9.44. The Kier molecular flexibility index (Phi) is 9.43. The number of hydrogen-bond donors (Lipinski definition) is 2. The average Bonchev–Trinajstić information content (AvgIpc) is 2.70. The summed E-state index contributed by atoms with van der Waals surface area (Å²) in [4.78, 5) is 21.0. The third-order valence-electron chi connectivity index (χ3n) is 4.41. The second-order valence-electron chi connectivity index (χ2n) is 7.15. The molecular formula is C14H5F21O4S. The molecule has 40 heavy (non-hydrogen) atoms. The molecule has 0 aliphatic carbocycles. The zero-order valence-electron chi connectivity index (χ0n) is 17.3. The van der Waals surface area contributed by atoms with Crippen LogP contribution in [-0.4, -0.2) is 86.2 Å². The molecule has 0 saturated heterocycles. The molecule has 2 N–H and O–H groups in total. The van der Waals surface area contributed by atoms with Crippen LogP contribution in [0.25, 0.3) is 0 Å². The van der Waals surface area contributed by atoms with E-state index in [1.54, 1.807) is 0 Å². The Morgan fingerprint density at radius 1 is 0.475 bits per heavy atom. The minimum atomic E-state index is -9.32.